The van der Waals surface area contributed by atoms with Crippen molar-refractivity contribution in [2.75, 3.05) is 24.5 Å². The zero-order valence-electron chi connectivity index (χ0n) is 25.2. The smallest absolute Gasteiger partial charge is 0.259 e. The number of benzene rings is 2. The molecule has 1 aliphatic carbocycles. The molecule has 202 valence electrons. The van der Waals surface area contributed by atoms with Crippen molar-refractivity contribution in [1.82, 2.24) is 20.0 Å². The fraction of sp³-hybridized carbons (Fsp3) is 0.484. The second-order valence-electron chi connectivity index (χ2n) is 11.8. The molecule has 3 fully saturated rings. The molecule has 1 saturated carbocycles. The maximum Gasteiger partial charge on any atom is 0.259 e. The molecule has 3 amide bonds. The summed E-state index contributed by atoms with van der Waals surface area (Å²) >= 11 is 0. The van der Waals surface area contributed by atoms with E-state index in [1.807, 2.05) is 10.9 Å². The lowest BCUT2D eigenvalue weighted by molar-refractivity contribution is -0.134. The van der Waals surface area contributed by atoms with Crippen molar-refractivity contribution in [2.24, 2.45) is 5.41 Å². The van der Waals surface area contributed by atoms with Crippen molar-refractivity contribution in [3.8, 4) is 0 Å². The molecule has 4 aliphatic rings. The largest absolute Gasteiger partial charge is 0.303 e. The Balaban J connectivity index is 1.17. The molecule has 7 rings (SSSR count). The van der Waals surface area contributed by atoms with E-state index in [9.17, 15) is 17.1 Å². The number of hydrogen-bond donors (Lipinski definition) is 1. The molecule has 1 aromatic heterocycles. The third-order valence-corrected chi connectivity index (χ3v) is 9.04. The minimum absolute atomic E-state index is 0.0401. The molecule has 0 radical (unpaired) electrons. The van der Waals surface area contributed by atoms with Gasteiger partial charge in [-0.1, -0.05) is 31.5 Å². The number of likely N-dealkylation sites (tertiary alicyclic amines) is 1. The first-order valence-electron chi connectivity index (χ1n) is 15.5. The summed E-state index contributed by atoms with van der Waals surface area (Å²) in [5, 5.41) is 7.86. The number of aromatic nitrogens is 2. The summed E-state index contributed by atoms with van der Waals surface area (Å²) in [6, 6.07) is 6.62. The van der Waals surface area contributed by atoms with Gasteiger partial charge in [-0.2, -0.15) is 5.10 Å². The summed E-state index contributed by atoms with van der Waals surface area (Å²) in [5.41, 5.74) is 1.99. The predicted molar refractivity (Wildman–Crippen MR) is 149 cm³/mol. The first-order valence-corrected chi connectivity index (χ1v) is 14.0. The van der Waals surface area contributed by atoms with Gasteiger partial charge in [0.15, 0.2) is 0 Å². The molecule has 0 spiro atoms. The van der Waals surface area contributed by atoms with Crippen molar-refractivity contribution in [1.29, 1.82) is 0 Å². The van der Waals surface area contributed by atoms with Gasteiger partial charge in [-0.05, 0) is 66.2 Å². The van der Waals surface area contributed by atoms with Gasteiger partial charge in [0.2, 0.25) is 11.8 Å². The summed E-state index contributed by atoms with van der Waals surface area (Å²) in [7, 11) is 0. The Morgan fingerprint density at radius 3 is 2.69 bits per heavy atom. The van der Waals surface area contributed by atoms with Gasteiger partial charge in [-0.3, -0.25) is 29.3 Å². The van der Waals surface area contributed by atoms with E-state index < -0.39 is 30.1 Å². The lowest BCUT2D eigenvalue weighted by Crippen LogP contribution is -2.53. The van der Waals surface area contributed by atoms with Crippen LogP contribution in [0.25, 0.3) is 10.8 Å². The Bertz CT molecular complexity index is 1620. The second kappa shape index (κ2) is 9.30. The van der Waals surface area contributed by atoms with E-state index in [0.29, 0.717) is 38.6 Å². The standard InChI is InChI=1S/C31H35N5O3/c1-31(12-3-13-31)19-34-14-10-22(11-15-34)35-18-20(17-32-35)16-21-6-7-25-28-23(21)4-2-5-24(28)30(39)36(25)26-8-9-27(37)33-29(26)38/h2,4-7,17-18,22,26H,3,8-16,19H2,1H3,(H,33,37,38)/i16D2,26D. The number of carbonyl (C=O) groups is 3. The van der Waals surface area contributed by atoms with Gasteiger partial charge in [0.25, 0.3) is 5.91 Å². The van der Waals surface area contributed by atoms with Crippen LogP contribution in [-0.2, 0) is 16.0 Å². The van der Waals surface area contributed by atoms with E-state index in [1.54, 1.807) is 36.5 Å². The number of nitrogens with one attached hydrogen (secondary N) is 1. The van der Waals surface area contributed by atoms with Crippen LogP contribution in [-0.4, -0.2) is 58.1 Å². The lowest BCUT2D eigenvalue weighted by Gasteiger charge is -2.44. The van der Waals surface area contributed by atoms with E-state index >= 15 is 0 Å². The summed E-state index contributed by atoms with van der Waals surface area (Å²) in [6.07, 6.45) is 7.28. The number of amides is 3. The first-order chi connectivity index (χ1) is 20.0. The maximum atomic E-state index is 13.6. The second-order valence-corrected chi connectivity index (χ2v) is 11.8. The molecule has 1 atom stereocenters. The highest BCUT2D eigenvalue weighted by Crippen LogP contribution is 2.42. The van der Waals surface area contributed by atoms with Gasteiger partial charge in [0.05, 0.1) is 19.3 Å². The normalized spacial score (nSPS) is 26.7. The Morgan fingerprint density at radius 1 is 1.13 bits per heavy atom. The van der Waals surface area contributed by atoms with Crippen molar-refractivity contribution in [3.63, 3.8) is 0 Å². The molecule has 3 aliphatic heterocycles. The average Bonchev–Trinajstić information content (AvgIpc) is 3.56. The molecule has 1 N–H and O–H groups in total. The van der Waals surface area contributed by atoms with Crippen LogP contribution >= 0.6 is 0 Å². The summed E-state index contributed by atoms with van der Waals surface area (Å²) < 4.78 is 29.2. The van der Waals surface area contributed by atoms with Crippen molar-refractivity contribution in [3.05, 3.63) is 59.4 Å². The molecular formula is C31H35N5O3. The van der Waals surface area contributed by atoms with Gasteiger partial charge in [-0.15, -0.1) is 0 Å². The summed E-state index contributed by atoms with van der Waals surface area (Å²) in [5.74, 6) is -1.80. The van der Waals surface area contributed by atoms with Crippen LogP contribution < -0.4 is 10.2 Å². The molecular weight excluding hydrogens is 490 g/mol. The molecule has 2 aromatic carbocycles. The van der Waals surface area contributed by atoms with Gasteiger partial charge in [-0.25, -0.2) is 0 Å². The van der Waals surface area contributed by atoms with Crippen molar-refractivity contribution >= 4 is 34.2 Å². The number of piperidine rings is 2. The molecule has 4 heterocycles. The Labute approximate surface area is 232 Å². The fourth-order valence-corrected chi connectivity index (χ4v) is 6.76. The molecule has 2 saturated heterocycles. The van der Waals surface area contributed by atoms with Crippen LogP contribution in [0.1, 0.15) is 83.5 Å². The number of imide groups is 1. The van der Waals surface area contributed by atoms with E-state index in [2.05, 4.69) is 22.2 Å². The average molecular weight is 529 g/mol. The minimum atomic E-state index is -1.97. The molecule has 39 heavy (non-hydrogen) atoms. The van der Waals surface area contributed by atoms with E-state index in [1.165, 1.54) is 19.3 Å². The lowest BCUT2D eigenvalue weighted by atomic mass is 9.70. The van der Waals surface area contributed by atoms with Crippen LogP contribution in [0.3, 0.4) is 0 Å². The first kappa shape index (κ1) is 21.3. The SMILES string of the molecule is [2H]C([2H])(c1cnn(C2CCN(CC3(C)CCC3)CC2)c1)c1ccc2c3c(cccc13)C(=O)N2C1([2H])CCC(=O)NC1=O. The van der Waals surface area contributed by atoms with Crippen molar-refractivity contribution in [2.45, 2.75) is 70.3 Å². The number of nitrogens with zero attached hydrogens (tertiary/aromatic N) is 4. The van der Waals surface area contributed by atoms with Crippen LogP contribution in [0, 0.1) is 5.41 Å². The zero-order valence-corrected chi connectivity index (χ0v) is 22.2. The molecule has 8 heteroatoms. The van der Waals surface area contributed by atoms with Gasteiger partial charge in [0.1, 0.15) is 6.02 Å². The Kier molecular flexibility index (Phi) is 5.08. The third kappa shape index (κ3) is 4.25. The van der Waals surface area contributed by atoms with E-state index in [-0.39, 0.29) is 18.9 Å². The fourth-order valence-electron chi connectivity index (χ4n) is 6.76. The number of carbonyl (C=O) groups excluding carboxylic acids is 3. The van der Waals surface area contributed by atoms with Crippen LogP contribution in [0.15, 0.2) is 42.7 Å². The maximum absolute atomic E-state index is 13.6. The highest BCUT2D eigenvalue weighted by atomic mass is 16.2. The number of hydrogen-bond acceptors (Lipinski definition) is 5. The van der Waals surface area contributed by atoms with E-state index in [4.69, 9.17) is 1.37 Å². The highest BCUT2D eigenvalue weighted by Gasteiger charge is 2.41. The topological polar surface area (TPSA) is 87.5 Å². The molecule has 0 bridgehead atoms. The third-order valence-electron chi connectivity index (χ3n) is 9.04. The van der Waals surface area contributed by atoms with Gasteiger partial charge >= 0.3 is 0 Å². The van der Waals surface area contributed by atoms with Crippen LogP contribution in [0.4, 0.5) is 5.69 Å². The minimum Gasteiger partial charge on any atom is -0.303 e. The monoisotopic (exact) mass is 528 g/mol. The highest BCUT2D eigenvalue weighted by molar-refractivity contribution is 6.27. The van der Waals surface area contributed by atoms with Gasteiger partial charge in [0, 0.05) is 52.3 Å². The number of rotatable bonds is 6. The molecule has 3 aromatic rings. The quantitative estimate of drug-likeness (QED) is 0.484. The summed E-state index contributed by atoms with van der Waals surface area (Å²) in [6.45, 7) is 5.58. The molecule has 1 unspecified atom stereocenters. The molecule has 8 nitrogen and oxygen atoms in total. The van der Waals surface area contributed by atoms with Crippen LogP contribution in [0.5, 0.6) is 0 Å². The Hall–Kier alpha value is -3.52. The Morgan fingerprint density at radius 2 is 1.95 bits per heavy atom. The number of anilines is 1. The van der Waals surface area contributed by atoms with Gasteiger partial charge < -0.3 is 4.90 Å². The predicted octanol–water partition coefficient (Wildman–Crippen LogP) is 4.22. The van der Waals surface area contributed by atoms with Crippen molar-refractivity contribution < 1.29 is 18.5 Å². The summed E-state index contributed by atoms with van der Waals surface area (Å²) in [4.78, 5) is 41.8. The van der Waals surface area contributed by atoms with Crippen LogP contribution in [0.2, 0.25) is 0 Å². The van der Waals surface area contributed by atoms with E-state index in [0.717, 1.165) is 37.4 Å². The zero-order chi connectivity index (χ0) is 29.4.